The molecule has 3 heteroatoms. The summed E-state index contributed by atoms with van der Waals surface area (Å²) in [6.45, 7) is 0. The molecule has 0 spiro atoms. The van der Waals surface area contributed by atoms with Crippen LogP contribution in [0.4, 0.5) is 0 Å². The molecule has 0 atom stereocenters. The van der Waals surface area contributed by atoms with Crippen molar-refractivity contribution in [3.05, 3.63) is 23.8 Å². The van der Waals surface area contributed by atoms with Gasteiger partial charge >= 0.3 is 0 Å². The summed E-state index contributed by atoms with van der Waals surface area (Å²) in [5.41, 5.74) is 0.260. The Balaban J connectivity index is 3.14. The molecule has 0 N–H and O–H groups in total. The Morgan fingerprint density at radius 3 is 2.08 bits per heavy atom. The van der Waals surface area contributed by atoms with Gasteiger partial charge in [-0.05, 0) is 12.1 Å². The predicted molar refractivity (Wildman–Crippen MR) is 44.9 cm³/mol. The molecule has 0 aliphatic rings. The van der Waals surface area contributed by atoms with E-state index in [1.807, 2.05) is 0 Å². The van der Waals surface area contributed by atoms with E-state index >= 15 is 0 Å². The predicted octanol–water partition coefficient (Wildman–Crippen LogP) is 1.52. The number of carbonyl (C=O) groups excluding carboxylic acids is 1. The molecule has 3 nitrogen and oxygen atoms in total. The molecule has 1 aromatic rings. The van der Waals surface area contributed by atoms with Gasteiger partial charge in [-0.2, -0.15) is 0 Å². The van der Waals surface area contributed by atoms with Crippen LogP contribution < -0.4 is 9.47 Å². The largest absolute Gasteiger partial charge is 0.497 e. The Kier molecular flexibility index (Phi) is 2.24. The number of rotatable bonds is 3. The van der Waals surface area contributed by atoms with Crippen LogP contribution in [-0.2, 0) is 0 Å². The molecule has 0 aliphatic heterocycles. The third-order valence-corrected chi connectivity index (χ3v) is 1.47. The van der Waals surface area contributed by atoms with Crippen molar-refractivity contribution in [1.29, 1.82) is 0 Å². The Morgan fingerprint density at radius 1 is 1.25 bits per heavy atom. The molecule has 1 aromatic carbocycles. The second-order valence-electron chi connectivity index (χ2n) is 2.20. The molecule has 1 rings (SSSR count). The van der Waals surface area contributed by atoms with Crippen LogP contribution in [0.25, 0.3) is 0 Å². The van der Waals surface area contributed by atoms with E-state index in [-0.39, 0.29) is 5.56 Å². The van der Waals surface area contributed by atoms with Gasteiger partial charge in [0, 0.05) is 11.6 Å². The highest BCUT2D eigenvalue weighted by Gasteiger charge is 1.99. The Hall–Kier alpha value is -1.51. The lowest BCUT2D eigenvalue weighted by molar-refractivity contribution is 0.112. The van der Waals surface area contributed by atoms with Crippen molar-refractivity contribution in [2.24, 2.45) is 0 Å². The fourth-order valence-corrected chi connectivity index (χ4v) is 0.866. The van der Waals surface area contributed by atoms with Gasteiger partial charge in [0.1, 0.15) is 19.1 Å². The molecule has 0 amide bonds. The molecule has 0 aromatic heterocycles. The van der Waals surface area contributed by atoms with Gasteiger partial charge in [0.15, 0.2) is 0 Å². The first-order valence-corrected chi connectivity index (χ1v) is 3.41. The molecule has 0 bridgehead atoms. The SMILES string of the molecule is [2H]C(=O)c1cc(OC)cc(OC)c1. The van der Waals surface area contributed by atoms with Crippen molar-refractivity contribution in [1.82, 2.24) is 0 Å². The molecule has 0 unspecified atom stereocenters. The topological polar surface area (TPSA) is 35.5 Å². The minimum atomic E-state index is -0.753. The van der Waals surface area contributed by atoms with E-state index in [1.165, 1.54) is 26.4 Å². The highest BCUT2D eigenvalue weighted by atomic mass is 16.5. The van der Waals surface area contributed by atoms with Crippen molar-refractivity contribution in [3.8, 4) is 11.5 Å². The average molecular weight is 167 g/mol. The number of hydrogen-bond acceptors (Lipinski definition) is 3. The molecular formula is C9H10O3. The van der Waals surface area contributed by atoms with Gasteiger partial charge in [-0.15, -0.1) is 0 Å². The van der Waals surface area contributed by atoms with Gasteiger partial charge in [0.25, 0.3) is 0 Å². The highest BCUT2D eigenvalue weighted by Crippen LogP contribution is 2.21. The van der Waals surface area contributed by atoms with Gasteiger partial charge in [0.05, 0.1) is 14.2 Å². The van der Waals surface area contributed by atoms with Gasteiger partial charge in [-0.3, -0.25) is 4.79 Å². The Bertz CT molecular complexity index is 300. The monoisotopic (exact) mass is 167 g/mol. The van der Waals surface area contributed by atoms with Crippen LogP contribution in [0.1, 0.15) is 11.7 Å². The van der Waals surface area contributed by atoms with E-state index < -0.39 is 6.26 Å². The quantitative estimate of drug-likeness (QED) is 0.640. The first-order chi connectivity index (χ1) is 6.17. The van der Waals surface area contributed by atoms with E-state index in [4.69, 9.17) is 10.8 Å². The van der Waals surface area contributed by atoms with Gasteiger partial charge in [-0.1, -0.05) is 0 Å². The third kappa shape index (κ3) is 1.75. The molecule has 0 aliphatic carbocycles. The fourth-order valence-electron chi connectivity index (χ4n) is 0.866. The number of aldehydes is 1. The first-order valence-electron chi connectivity index (χ1n) is 3.91. The molecule has 0 saturated carbocycles. The van der Waals surface area contributed by atoms with Crippen molar-refractivity contribution in [3.63, 3.8) is 0 Å². The summed E-state index contributed by atoms with van der Waals surface area (Å²) in [5, 5.41) is 0. The van der Waals surface area contributed by atoms with E-state index in [0.717, 1.165) is 0 Å². The lowest BCUT2D eigenvalue weighted by Crippen LogP contribution is -1.89. The van der Waals surface area contributed by atoms with Crippen molar-refractivity contribution >= 4 is 6.26 Å². The van der Waals surface area contributed by atoms with Gasteiger partial charge in [-0.25, -0.2) is 0 Å². The molecule has 0 heterocycles. The van der Waals surface area contributed by atoms with E-state index in [1.54, 1.807) is 6.07 Å². The maximum atomic E-state index is 10.7. The van der Waals surface area contributed by atoms with Crippen LogP contribution in [0.2, 0.25) is 0 Å². The molecule has 0 fully saturated rings. The van der Waals surface area contributed by atoms with Crippen LogP contribution in [0, 0.1) is 0 Å². The van der Waals surface area contributed by atoms with Crippen LogP contribution in [0.15, 0.2) is 18.2 Å². The Labute approximate surface area is 72.3 Å². The molecular weight excluding hydrogens is 156 g/mol. The number of methoxy groups -OCH3 is 2. The fraction of sp³-hybridized carbons (Fsp3) is 0.222. The zero-order valence-electron chi connectivity index (χ0n) is 7.96. The third-order valence-electron chi connectivity index (χ3n) is 1.47. The minimum absolute atomic E-state index is 0.260. The van der Waals surface area contributed by atoms with E-state index in [0.29, 0.717) is 11.5 Å². The maximum absolute atomic E-state index is 10.7. The van der Waals surface area contributed by atoms with Crippen molar-refractivity contribution in [2.45, 2.75) is 0 Å². The highest BCUT2D eigenvalue weighted by molar-refractivity contribution is 5.76. The van der Waals surface area contributed by atoms with Crippen LogP contribution in [0.5, 0.6) is 11.5 Å². The molecule has 0 saturated heterocycles. The first kappa shape index (κ1) is 7.16. The van der Waals surface area contributed by atoms with Crippen LogP contribution >= 0.6 is 0 Å². The standard InChI is InChI=1S/C9H10O3/c1-11-8-3-7(6-10)4-9(5-8)12-2/h3-6H,1-2H3/i6D. The summed E-state index contributed by atoms with van der Waals surface area (Å²) < 4.78 is 16.8. The van der Waals surface area contributed by atoms with Crippen LogP contribution in [0.3, 0.4) is 0 Å². The van der Waals surface area contributed by atoms with Gasteiger partial charge < -0.3 is 9.47 Å². The van der Waals surface area contributed by atoms with Crippen molar-refractivity contribution in [2.75, 3.05) is 14.2 Å². The van der Waals surface area contributed by atoms with E-state index in [2.05, 4.69) is 0 Å². The van der Waals surface area contributed by atoms with Crippen LogP contribution in [-0.4, -0.2) is 20.5 Å². The lowest BCUT2D eigenvalue weighted by Gasteiger charge is -2.04. The number of hydrogen-bond donors (Lipinski definition) is 0. The summed E-state index contributed by atoms with van der Waals surface area (Å²) in [7, 11) is 2.99. The molecule has 12 heavy (non-hydrogen) atoms. The Morgan fingerprint density at radius 2 is 1.75 bits per heavy atom. The molecule has 64 valence electrons. The summed E-state index contributed by atoms with van der Waals surface area (Å²) in [6, 6.07) is 4.64. The summed E-state index contributed by atoms with van der Waals surface area (Å²) in [4.78, 5) is 10.7. The molecule has 0 radical (unpaired) electrons. The second-order valence-corrected chi connectivity index (χ2v) is 2.20. The second kappa shape index (κ2) is 3.76. The number of ether oxygens (including phenoxy) is 2. The smallest absolute Gasteiger partial charge is 0.150 e. The zero-order valence-corrected chi connectivity index (χ0v) is 6.96. The zero-order chi connectivity index (χ0) is 9.84. The van der Waals surface area contributed by atoms with Crippen molar-refractivity contribution < 1.29 is 15.6 Å². The summed E-state index contributed by atoms with van der Waals surface area (Å²) in [6.07, 6.45) is -0.753. The minimum Gasteiger partial charge on any atom is -0.497 e. The maximum Gasteiger partial charge on any atom is 0.150 e. The number of benzene rings is 1. The lowest BCUT2D eigenvalue weighted by atomic mass is 10.2. The normalized spacial score (nSPS) is 10.3. The average Bonchev–Trinajstić information content (AvgIpc) is 2.16. The summed E-state index contributed by atoms with van der Waals surface area (Å²) >= 11 is 0. The summed E-state index contributed by atoms with van der Waals surface area (Å²) in [5.74, 6) is 1.02. The van der Waals surface area contributed by atoms with Gasteiger partial charge in [0.2, 0.25) is 0 Å². The number of carbonyl (C=O) groups is 1. The van der Waals surface area contributed by atoms with E-state index in [9.17, 15) is 4.79 Å².